The number of rotatable bonds is 6. The van der Waals surface area contributed by atoms with Crippen LogP contribution in [0.2, 0.25) is 0 Å². The maximum atomic E-state index is 12.0. The van der Waals surface area contributed by atoms with Crippen LogP contribution in [0.5, 0.6) is 0 Å². The summed E-state index contributed by atoms with van der Waals surface area (Å²) >= 11 is 0. The van der Waals surface area contributed by atoms with E-state index in [1.807, 2.05) is 12.1 Å². The molecule has 0 saturated heterocycles. The van der Waals surface area contributed by atoms with Crippen LogP contribution in [-0.2, 0) is 17.6 Å². The molecule has 2 heterocycles. The Bertz CT molecular complexity index is 743. The molecule has 0 unspecified atom stereocenters. The predicted molar refractivity (Wildman–Crippen MR) is 91.5 cm³/mol. The van der Waals surface area contributed by atoms with Crippen LogP contribution in [0.25, 0.3) is 11.4 Å². The molecular formula is C18H21N5O. The number of hydrogen-bond donors (Lipinski definition) is 2. The van der Waals surface area contributed by atoms with Gasteiger partial charge in [0.15, 0.2) is 5.82 Å². The Morgan fingerprint density at radius 1 is 1.25 bits per heavy atom. The lowest BCUT2D eigenvalue weighted by molar-refractivity contribution is -0.119. The summed E-state index contributed by atoms with van der Waals surface area (Å²) < 4.78 is 0. The van der Waals surface area contributed by atoms with Gasteiger partial charge in [0, 0.05) is 35.8 Å². The largest absolute Gasteiger partial charge is 0.361 e. The zero-order valence-corrected chi connectivity index (χ0v) is 13.6. The summed E-state index contributed by atoms with van der Waals surface area (Å²) in [6, 6.07) is 3.83. The topological polar surface area (TPSA) is 79.8 Å². The van der Waals surface area contributed by atoms with E-state index in [1.165, 1.54) is 12.8 Å². The second-order valence-corrected chi connectivity index (χ2v) is 6.52. The fourth-order valence-electron chi connectivity index (χ4n) is 3.01. The molecule has 2 aromatic heterocycles. The molecule has 2 aromatic rings. The van der Waals surface area contributed by atoms with E-state index in [-0.39, 0.29) is 12.5 Å². The van der Waals surface area contributed by atoms with E-state index >= 15 is 0 Å². The van der Waals surface area contributed by atoms with Crippen molar-refractivity contribution < 1.29 is 4.79 Å². The highest BCUT2D eigenvalue weighted by Crippen LogP contribution is 2.29. The molecule has 0 radical (unpaired) electrons. The number of fused-ring (bicyclic) bond motifs is 1. The number of aryl methyl sites for hydroxylation is 1. The third-order valence-corrected chi connectivity index (χ3v) is 4.55. The van der Waals surface area contributed by atoms with Gasteiger partial charge in [-0.2, -0.15) is 0 Å². The highest BCUT2D eigenvalue weighted by atomic mass is 16.1. The van der Waals surface area contributed by atoms with Gasteiger partial charge >= 0.3 is 0 Å². The molecule has 2 aliphatic carbocycles. The first-order chi connectivity index (χ1) is 11.8. The van der Waals surface area contributed by atoms with Crippen LogP contribution in [-0.4, -0.2) is 33.9 Å². The van der Waals surface area contributed by atoms with Gasteiger partial charge < -0.3 is 10.6 Å². The van der Waals surface area contributed by atoms with Crippen molar-refractivity contribution in [3.05, 3.63) is 35.8 Å². The van der Waals surface area contributed by atoms with Gasteiger partial charge in [-0.05, 0) is 50.2 Å². The van der Waals surface area contributed by atoms with E-state index in [0.717, 1.165) is 48.4 Å². The monoisotopic (exact) mass is 323 g/mol. The second kappa shape index (κ2) is 6.55. The van der Waals surface area contributed by atoms with Crippen LogP contribution in [0.4, 0.5) is 5.82 Å². The van der Waals surface area contributed by atoms with Gasteiger partial charge in [0.05, 0.1) is 6.54 Å². The van der Waals surface area contributed by atoms with Gasteiger partial charge in [-0.15, -0.1) is 0 Å². The molecule has 124 valence electrons. The molecule has 1 amide bonds. The number of anilines is 1. The molecule has 0 bridgehead atoms. The molecule has 6 heteroatoms. The number of carbonyl (C=O) groups is 1. The summed E-state index contributed by atoms with van der Waals surface area (Å²) in [7, 11) is 0. The van der Waals surface area contributed by atoms with Crippen LogP contribution >= 0.6 is 0 Å². The average molecular weight is 323 g/mol. The fourth-order valence-corrected chi connectivity index (χ4v) is 3.01. The third-order valence-electron chi connectivity index (χ3n) is 4.55. The Morgan fingerprint density at radius 2 is 2.17 bits per heavy atom. The van der Waals surface area contributed by atoms with Crippen LogP contribution in [0.3, 0.4) is 0 Å². The zero-order chi connectivity index (χ0) is 16.4. The lowest BCUT2D eigenvalue weighted by Crippen LogP contribution is -2.31. The van der Waals surface area contributed by atoms with Crippen LogP contribution in [0.15, 0.2) is 24.5 Å². The summed E-state index contributed by atoms with van der Waals surface area (Å²) in [5.41, 5.74) is 3.14. The first kappa shape index (κ1) is 15.1. The summed E-state index contributed by atoms with van der Waals surface area (Å²) in [6.07, 6.45) is 9.00. The van der Waals surface area contributed by atoms with E-state index in [2.05, 4.69) is 25.6 Å². The average Bonchev–Trinajstić information content (AvgIpc) is 3.33. The fraction of sp³-hybridized carbons (Fsp3) is 0.444. The minimum absolute atomic E-state index is 0.0233. The minimum Gasteiger partial charge on any atom is -0.361 e. The summed E-state index contributed by atoms with van der Waals surface area (Å²) in [5.74, 6) is 2.17. The van der Waals surface area contributed by atoms with Gasteiger partial charge in [-0.1, -0.05) is 0 Å². The molecule has 0 spiro atoms. The van der Waals surface area contributed by atoms with Crippen molar-refractivity contribution in [3.8, 4) is 11.4 Å². The van der Waals surface area contributed by atoms with Crippen molar-refractivity contribution in [2.24, 2.45) is 5.92 Å². The first-order valence-electron chi connectivity index (χ1n) is 8.60. The molecule has 4 rings (SSSR count). The molecule has 6 nitrogen and oxygen atoms in total. The number of carbonyl (C=O) groups excluding carboxylic acids is 1. The van der Waals surface area contributed by atoms with Gasteiger partial charge in [-0.3, -0.25) is 9.78 Å². The van der Waals surface area contributed by atoms with Crippen LogP contribution in [0.1, 0.15) is 30.5 Å². The SMILES string of the molecule is O=C(CNc1nc(-c2cccnc2)nc2c1CCC2)NCC1CC1. The van der Waals surface area contributed by atoms with Crippen LogP contribution < -0.4 is 10.6 Å². The highest BCUT2D eigenvalue weighted by molar-refractivity contribution is 5.80. The number of pyridine rings is 1. The minimum atomic E-state index is 0.0233. The normalized spacial score (nSPS) is 15.8. The van der Waals surface area contributed by atoms with Crippen molar-refractivity contribution in [1.29, 1.82) is 0 Å². The van der Waals surface area contributed by atoms with Crippen molar-refractivity contribution in [2.75, 3.05) is 18.4 Å². The Balaban J connectivity index is 1.51. The van der Waals surface area contributed by atoms with Gasteiger partial charge in [0.25, 0.3) is 0 Å². The van der Waals surface area contributed by atoms with Gasteiger partial charge in [0.1, 0.15) is 5.82 Å². The molecule has 0 aliphatic heterocycles. The van der Waals surface area contributed by atoms with Gasteiger partial charge in [0.2, 0.25) is 5.91 Å². The summed E-state index contributed by atoms with van der Waals surface area (Å²) in [5, 5.41) is 6.19. The lowest BCUT2D eigenvalue weighted by Gasteiger charge is -2.12. The number of nitrogens with zero attached hydrogens (tertiary/aromatic N) is 3. The van der Waals surface area contributed by atoms with E-state index < -0.39 is 0 Å². The standard InChI is InChI=1S/C18H21N5O/c24-16(20-9-12-6-7-12)11-21-18-14-4-1-5-15(14)22-17(23-18)13-3-2-8-19-10-13/h2-3,8,10,12H,1,4-7,9,11H2,(H,20,24)(H,21,22,23). The highest BCUT2D eigenvalue weighted by Gasteiger charge is 2.22. The molecule has 0 aromatic carbocycles. The zero-order valence-electron chi connectivity index (χ0n) is 13.6. The van der Waals surface area contributed by atoms with E-state index in [9.17, 15) is 4.79 Å². The summed E-state index contributed by atoms with van der Waals surface area (Å²) in [6.45, 7) is 1.05. The van der Waals surface area contributed by atoms with E-state index in [0.29, 0.717) is 11.7 Å². The number of nitrogens with one attached hydrogen (secondary N) is 2. The van der Waals surface area contributed by atoms with E-state index in [4.69, 9.17) is 0 Å². The van der Waals surface area contributed by atoms with Crippen molar-refractivity contribution in [2.45, 2.75) is 32.1 Å². The van der Waals surface area contributed by atoms with Crippen molar-refractivity contribution in [3.63, 3.8) is 0 Å². The maximum Gasteiger partial charge on any atom is 0.239 e. The lowest BCUT2D eigenvalue weighted by atomic mass is 10.2. The predicted octanol–water partition coefficient (Wildman–Crippen LogP) is 1.97. The molecular weight excluding hydrogens is 302 g/mol. The smallest absolute Gasteiger partial charge is 0.239 e. The number of aromatic nitrogens is 3. The van der Waals surface area contributed by atoms with Crippen molar-refractivity contribution >= 4 is 11.7 Å². The molecule has 0 atom stereocenters. The molecule has 24 heavy (non-hydrogen) atoms. The van der Waals surface area contributed by atoms with Crippen LogP contribution in [0, 0.1) is 5.92 Å². The number of amides is 1. The molecule has 2 aliphatic rings. The van der Waals surface area contributed by atoms with Gasteiger partial charge in [-0.25, -0.2) is 9.97 Å². The van der Waals surface area contributed by atoms with Crippen molar-refractivity contribution in [1.82, 2.24) is 20.3 Å². The Labute approximate surface area is 141 Å². The Kier molecular flexibility index (Phi) is 4.11. The third kappa shape index (κ3) is 3.37. The maximum absolute atomic E-state index is 12.0. The first-order valence-corrected chi connectivity index (χ1v) is 8.60. The Hall–Kier alpha value is -2.50. The number of hydrogen-bond acceptors (Lipinski definition) is 5. The summed E-state index contributed by atoms with van der Waals surface area (Å²) in [4.78, 5) is 25.5. The Morgan fingerprint density at radius 3 is 2.96 bits per heavy atom. The molecule has 1 fully saturated rings. The molecule has 1 saturated carbocycles. The quantitative estimate of drug-likeness (QED) is 0.849. The van der Waals surface area contributed by atoms with E-state index in [1.54, 1.807) is 12.4 Å². The molecule has 2 N–H and O–H groups in total. The second-order valence-electron chi connectivity index (χ2n) is 6.52.